The highest BCUT2D eigenvalue weighted by molar-refractivity contribution is 5.72. The summed E-state index contributed by atoms with van der Waals surface area (Å²) in [6.45, 7) is 5.05. The molecular weight excluding hydrogens is 330 g/mol. The predicted octanol–water partition coefficient (Wildman–Crippen LogP) is 4.48. The maximum absolute atomic E-state index is 12.0. The summed E-state index contributed by atoms with van der Waals surface area (Å²) in [7, 11) is 6.04. The van der Waals surface area contributed by atoms with Gasteiger partial charge in [-0.3, -0.25) is 9.59 Å². The topological polar surface area (TPSA) is 52.6 Å². The second-order valence-electron chi connectivity index (χ2n) is 8.19. The molecule has 0 aromatic carbocycles. The molecule has 0 aromatic heterocycles. The maximum Gasteiger partial charge on any atom is 0.309 e. The molecule has 5 heteroatoms. The molecule has 0 aliphatic carbocycles. The van der Waals surface area contributed by atoms with E-state index in [-0.39, 0.29) is 18.4 Å². The Morgan fingerprint density at radius 1 is 0.808 bits per heavy atom. The summed E-state index contributed by atoms with van der Waals surface area (Å²) in [5.74, 6) is -0.540. The Morgan fingerprint density at radius 3 is 1.85 bits per heavy atom. The van der Waals surface area contributed by atoms with Crippen LogP contribution in [-0.2, 0) is 19.1 Å². The molecule has 0 radical (unpaired) electrons. The van der Waals surface area contributed by atoms with Crippen LogP contribution in [0.15, 0.2) is 0 Å². The Balaban J connectivity index is 3.86. The van der Waals surface area contributed by atoms with Crippen LogP contribution >= 0.6 is 0 Å². The lowest BCUT2D eigenvalue weighted by Crippen LogP contribution is -2.44. The van der Waals surface area contributed by atoms with Gasteiger partial charge < -0.3 is 14.0 Å². The van der Waals surface area contributed by atoms with Crippen LogP contribution in [0, 0.1) is 0 Å². The van der Waals surface area contributed by atoms with Crippen LogP contribution in [0.25, 0.3) is 0 Å². The van der Waals surface area contributed by atoms with Gasteiger partial charge in [0.2, 0.25) is 0 Å². The highest BCUT2D eigenvalue weighted by Crippen LogP contribution is 2.11. The third kappa shape index (κ3) is 16.4. The smallest absolute Gasteiger partial charge is 0.309 e. The third-order valence-corrected chi connectivity index (χ3v) is 4.24. The van der Waals surface area contributed by atoms with E-state index in [0.29, 0.717) is 24.1 Å². The van der Waals surface area contributed by atoms with Crippen LogP contribution in [0.4, 0.5) is 0 Å². The van der Waals surface area contributed by atoms with E-state index >= 15 is 0 Å². The largest absolute Gasteiger partial charge is 0.466 e. The van der Waals surface area contributed by atoms with Gasteiger partial charge in [-0.2, -0.15) is 0 Å². The molecule has 26 heavy (non-hydrogen) atoms. The van der Waals surface area contributed by atoms with Crippen molar-refractivity contribution in [3.8, 4) is 0 Å². The Labute approximate surface area is 161 Å². The number of carbonyl (C=O) groups excluding carboxylic acids is 2. The van der Waals surface area contributed by atoms with E-state index in [1.54, 1.807) is 6.92 Å². The zero-order valence-electron chi connectivity index (χ0n) is 17.8. The molecule has 0 heterocycles. The molecule has 0 aliphatic heterocycles. The third-order valence-electron chi connectivity index (χ3n) is 4.24. The molecule has 0 aromatic rings. The summed E-state index contributed by atoms with van der Waals surface area (Å²) in [5, 5.41) is 0. The quantitative estimate of drug-likeness (QED) is 0.228. The van der Waals surface area contributed by atoms with Gasteiger partial charge in [-0.15, -0.1) is 0 Å². The van der Waals surface area contributed by atoms with Gasteiger partial charge in [0.1, 0.15) is 6.54 Å². The monoisotopic (exact) mass is 372 g/mol. The number of nitrogens with zero attached hydrogens (tertiary/aromatic N) is 1. The number of rotatable bonds is 16. The van der Waals surface area contributed by atoms with Crippen molar-refractivity contribution < 1.29 is 23.5 Å². The molecule has 0 aliphatic rings. The van der Waals surface area contributed by atoms with E-state index in [1.807, 2.05) is 21.1 Å². The van der Waals surface area contributed by atoms with Gasteiger partial charge in [-0.25, -0.2) is 0 Å². The summed E-state index contributed by atoms with van der Waals surface area (Å²) in [5.41, 5.74) is 0. The van der Waals surface area contributed by atoms with Gasteiger partial charge in [0.05, 0.1) is 34.2 Å². The Hall–Kier alpha value is -1.10. The first-order chi connectivity index (χ1) is 12.3. The first kappa shape index (κ1) is 24.9. The van der Waals surface area contributed by atoms with Gasteiger partial charge >= 0.3 is 11.9 Å². The summed E-state index contributed by atoms with van der Waals surface area (Å²) < 4.78 is 11.3. The molecule has 0 amide bonds. The highest BCUT2D eigenvalue weighted by Gasteiger charge is 2.25. The van der Waals surface area contributed by atoms with Gasteiger partial charge in [0.25, 0.3) is 0 Å². The second-order valence-corrected chi connectivity index (χ2v) is 8.19. The molecule has 0 rings (SSSR count). The molecule has 0 bridgehead atoms. The zero-order chi connectivity index (χ0) is 19.8. The van der Waals surface area contributed by atoms with Crippen molar-refractivity contribution in [1.82, 2.24) is 0 Å². The van der Waals surface area contributed by atoms with Crippen molar-refractivity contribution in [3.05, 3.63) is 0 Å². The minimum absolute atomic E-state index is 0.138. The molecule has 0 fully saturated rings. The van der Waals surface area contributed by atoms with Crippen molar-refractivity contribution >= 4 is 11.9 Å². The molecular formula is C21H42NO4+. The predicted molar refractivity (Wildman–Crippen MR) is 106 cm³/mol. The first-order valence-corrected chi connectivity index (χ1v) is 10.4. The minimum atomic E-state index is -0.418. The normalized spacial score (nSPS) is 12.7. The Kier molecular flexibility index (Phi) is 14.4. The fourth-order valence-corrected chi connectivity index (χ4v) is 2.87. The number of ether oxygens (including phenoxy) is 2. The first-order valence-electron chi connectivity index (χ1n) is 10.4. The lowest BCUT2D eigenvalue weighted by Gasteiger charge is -2.28. The van der Waals surface area contributed by atoms with Gasteiger partial charge in [0.15, 0.2) is 6.10 Å². The van der Waals surface area contributed by atoms with Crippen molar-refractivity contribution in [1.29, 1.82) is 0 Å². The van der Waals surface area contributed by atoms with Crippen LogP contribution in [-0.4, -0.2) is 56.8 Å². The summed E-state index contributed by atoms with van der Waals surface area (Å²) in [6.07, 6.45) is 11.2. The van der Waals surface area contributed by atoms with Gasteiger partial charge in [-0.1, -0.05) is 65.2 Å². The summed E-state index contributed by atoms with van der Waals surface area (Å²) >= 11 is 0. The molecule has 1 unspecified atom stereocenters. The number of quaternary nitrogens is 1. The zero-order valence-corrected chi connectivity index (χ0v) is 17.8. The number of esters is 2. The number of hydrogen-bond acceptors (Lipinski definition) is 4. The highest BCUT2D eigenvalue weighted by atomic mass is 16.6. The van der Waals surface area contributed by atoms with Gasteiger partial charge in [-0.05, 0) is 6.42 Å². The molecule has 1 atom stereocenters. The molecule has 0 spiro atoms. The fourth-order valence-electron chi connectivity index (χ4n) is 2.87. The number of likely N-dealkylation sites (N-methyl/N-ethyl adjacent to an activating group) is 1. The van der Waals surface area contributed by atoms with Crippen molar-refractivity contribution in [2.45, 2.75) is 90.6 Å². The maximum atomic E-state index is 12.0. The van der Waals surface area contributed by atoms with E-state index in [4.69, 9.17) is 9.47 Å². The van der Waals surface area contributed by atoms with E-state index in [0.717, 1.165) is 12.8 Å². The second kappa shape index (κ2) is 15.0. The van der Waals surface area contributed by atoms with E-state index < -0.39 is 6.10 Å². The van der Waals surface area contributed by atoms with Crippen LogP contribution < -0.4 is 0 Å². The van der Waals surface area contributed by atoms with E-state index in [2.05, 4.69) is 6.92 Å². The molecule has 0 saturated heterocycles. The summed E-state index contributed by atoms with van der Waals surface area (Å²) in [6, 6.07) is 0. The van der Waals surface area contributed by atoms with Crippen LogP contribution in [0.1, 0.15) is 84.5 Å². The number of unbranched alkanes of at least 4 members (excludes halogenated alkanes) is 8. The van der Waals surface area contributed by atoms with Crippen LogP contribution in [0.3, 0.4) is 0 Å². The lowest BCUT2D eigenvalue weighted by molar-refractivity contribution is -0.873. The standard InChI is InChI=1S/C21H42NO4/c1-6-8-9-10-11-12-13-14-15-16-25-21(24)17-19(18-22(3,4)5)26-20(23)7-2/h19H,6-18H2,1-5H3/q+1. The molecule has 0 N–H and O–H groups in total. The van der Waals surface area contributed by atoms with E-state index in [1.165, 1.54) is 44.9 Å². The molecule has 5 nitrogen and oxygen atoms in total. The van der Waals surface area contributed by atoms with Crippen molar-refractivity contribution in [2.75, 3.05) is 34.3 Å². The van der Waals surface area contributed by atoms with Crippen molar-refractivity contribution in [3.63, 3.8) is 0 Å². The van der Waals surface area contributed by atoms with E-state index in [9.17, 15) is 9.59 Å². The van der Waals surface area contributed by atoms with Crippen LogP contribution in [0.2, 0.25) is 0 Å². The molecule has 0 saturated carbocycles. The SMILES string of the molecule is CCCCCCCCCCCOC(=O)CC(C[N+](C)(C)C)OC(=O)CC. The number of hydrogen-bond donors (Lipinski definition) is 0. The van der Waals surface area contributed by atoms with Gasteiger partial charge in [0, 0.05) is 6.42 Å². The fraction of sp³-hybridized carbons (Fsp3) is 0.905. The lowest BCUT2D eigenvalue weighted by atomic mass is 10.1. The summed E-state index contributed by atoms with van der Waals surface area (Å²) in [4.78, 5) is 23.6. The molecule has 154 valence electrons. The minimum Gasteiger partial charge on any atom is -0.466 e. The van der Waals surface area contributed by atoms with Crippen LogP contribution in [0.5, 0.6) is 0 Å². The van der Waals surface area contributed by atoms with Crippen molar-refractivity contribution in [2.24, 2.45) is 0 Å². The Bertz CT molecular complexity index is 377. The average molecular weight is 373 g/mol. The Morgan fingerprint density at radius 2 is 1.35 bits per heavy atom. The average Bonchev–Trinajstić information content (AvgIpc) is 2.54. The number of carbonyl (C=O) groups is 2.